The van der Waals surface area contributed by atoms with E-state index in [4.69, 9.17) is 0 Å². The van der Waals surface area contributed by atoms with E-state index in [-0.39, 0.29) is 18.1 Å². The zero-order chi connectivity index (χ0) is 16.7. The standard InChI is InChI=1S/C15H24N4O3/c1-10(2)7-8-17-13(20)9-19-11(3)5-6-12(14(19)21)18-15(22)16-4/h5-6,10H,7-9H2,1-4H3,(H,17,20)(H2,16,18,22). The van der Waals surface area contributed by atoms with Gasteiger partial charge in [0, 0.05) is 19.3 Å². The first-order valence-corrected chi connectivity index (χ1v) is 7.31. The third-order valence-electron chi connectivity index (χ3n) is 3.21. The lowest BCUT2D eigenvalue weighted by atomic mass is 10.1. The molecule has 22 heavy (non-hydrogen) atoms. The summed E-state index contributed by atoms with van der Waals surface area (Å²) in [7, 11) is 1.46. The summed E-state index contributed by atoms with van der Waals surface area (Å²) < 4.78 is 1.34. The summed E-state index contributed by atoms with van der Waals surface area (Å²) in [6.45, 7) is 6.42. The van der Waals surface area contributed by atoms with Crippen LogP contribution in [0.1, 0.15) is 26.0 Å². The van der Waals surface area contributed by atoms with Crippen LogP contribution in [0.3, 0.4) is 0 Å². The van der Waals surface area contributed by atoms with E-state index in [0.29, 0.717) is 18.2 Å². The van der Waals surface area contributed by atoms with Gasteiger partial charge in [-0.25, -0.2) is 4.79 Å². The minimum absolute atomic E-state index is 0.0635. The van der Waals surface area contributed by atoms with Crippen LogP contribution in [0.2, 0.25) is 0 Å². The minimum atomic E-state index is -0.478. The normalized spacial score (nSPS) is 10.4. The van der Waals surface area contributed by atoms with Crippen LogP contribution in [0.4, 0.5) is 10.5 Å². The van der Waals surface area contributed by atoms with Crippen molar-refractivity contribution >= 4 is 17.6 Å². The first-order valence-electron chi connectivity index (χ1n) is 7.31. The van der Waals surface area contributed by atoms with Gasteiger partial charge in [0.1, 0.15) is 12.2 Å². The fourth-order valence-electron chi connectivity index (χ4n) is 1.85. The third-order valence-corrected chi connectivity index (χ3v) is 3.21. The van der Waals surface area contributed by atoms with Crippen molar-refractivity contribution in [3.63, 3.8) is 0 Å². The van der Waals surface area contributed by atoms with E-state index in [1.165, 1.54) is 17.7 Å². The van der Waals surface area contributed by atoms with Gasteiger partial charge >= 0.3 is 6.03 Å². The van der Waals surface area contributed by atoms with Crippen LogP contribution >= 0.6 is 0 Å². The number of nitrogens with one attached hydrogen (secondary N) is 3. The van der Waals surface area contributed by atoms with Gasteiger partial charge in [-0.3, -0.25) is 9.59 Å². The van der Waals surface area contributed by atoms with Crippen LogP contribution < -0.4 is 21.5 Å². The second kappa shape index (κ2) is 8.21. The highest BCUT2D eigenvalue weighted by atomic mass is 16.2. The number of anilines is 1. The first-order chi connectivity index (χ1) is 10.3. The lowest BCUT2D eigenvalue weighted by Crippen LogP contribution is -2.36. The largest absolute Gasteiger partial charge is 0.355 e. The molecule has 0 aliphatic carbocycles. The fourth-order valence-corrected chi connectivity index (χ4v) is 1.85. The molecule has 1 rings (SSSR count). The molecule has 7 heteroatoms. The van der Waals surface area contributed by atoms with E-state index in [2.05, 4.69) is 29.8 Å². The Kier molecular flexibility index (Phi) is 6.62. The number of hydrogen-bond donors (Lipinski definition) is 3. The average Bonchev–Trinajstić information content (AvgIpc) is 2.46. The quantitative estimate of drug-likeness (QED) is 0.734. The van der Waals surface area contributed by atoms with E-state index in [1.807, 2.05) is 0 Å². The minimum Gasteiger partial charge on any atom is -0.355 e. The maximum Gasteiger partial charge on any atom is 0.319 e. The first kappa shape index (κ1) is 17.7. The van der Waals surface area contributed by atoms with Crippen molar-refractivity contribution in [3.8, 4) is 0 Å². The van der Waals surface area contributed by atoms with Crippen LogP contribution in [-0.2, 0) is 11.3 Å². The van der Waals surface area contributed by atoms with Crippen molar-refractivity contribution < 1.29 is 9.59 Å². The molecular formula is C15H24N4O3. The Bertz CT molecular complexity index is 593. The van der Waals surface area contributed by atoms with E-state index in [0.717, 1.165) is 6.42 Å². The van der Waals surface area contributed by atoms with E-state index < -0.39 is 11.6 Å². The molecule has 122 valence electrons. The summed E-state index contributed by atoms with van der Waals surface area (Å²) in [6.07, 6.45) is 0.887. The molecule has 0 atom stereocenters. The Morgan fingerprint density at radius 3 is 2.55 bits per heavy atom. The lowest BCUT2D eigenvalue weighted by molar-refractivity contribution is -0.121. The number of rotatable bonds is 6. The molecule has 0 aliphatic rings. The summed E-state index contributed by atoms with van der Waals surface area (Å²) in [5, 5.41) is 7.61. The highest BCUT2D eigenvalue weighted by Gasteiger charge is 2.11. The Morgan fingerprint density at radius 1 is 1.27 bits per heavy atom. The van der Waals surface area contributed by atoms with Gasteiger partial charge in [-0.2, -0.15) is 0 Å². The third kappa shape index (κ3) is 5.23. The Labute approximate surface area is 130 Å². The predicted octanol–water partition coefficient (Wildman–Crippen LogP) is 1.07. The van der Waals surface area contributed by atoms with Gasteiger partial charge in [0.15, 0.2) is 0 Å². The number of pyridine rings is 1. The number of hydrogen-bond acceptors (Lipinski definition) is 3. The molecule has 3 N–H and O–H groups in total. The molecule has 1 heterocycles. The Balaban J connectivity index is 2.81. The van der Waals surface area contributed by atoms with Crippen molar-refractivity contribution in [2.75, 3.05) is 18.9 Å². The molecule has 7 nitrogen and oxygen atoms in total. The molecule has 0 unspecified atom stereocenters. The topological polar surface area (TPSA) is 92.2 Å². The van der Waals surface area contributed by atoms with E-state index in [1.54, 1.807) is 13.0 Å². The highest BCUT2D eigenvalue weighted by molar-refractivity contribution is 5.88. The summed E-state index contributed by atoms with van der Waals surface area (Å²) in [5.74, 6) is 0.285. The van der Waals surface area contributed by atoms with Gasteiger partial charge in [0.2, 0.25) is 5.91 Å². The van der Waals surface area contributed by atoms with Crippen LogP contribution in [0, 0.1) is 12.8 Å². The molecule has 0 bridgehead atoms. The van der Waals surface area contributed by atoms with Gasteiger partial charge in [-0.15, -0.1) is 0 Å². The Morgan fingerprint density at radius 2 is 1.95 bits per heavy atom. The molecule has 0 radical (unpaired) electrons. The van der Waals surface area contributed by atoms with Gasteiger partial charge in [-0.05, 0) is 31.4 Å². The average molecular weight is 308 g/mol. The number of urea groups is 1. The van der Waals surface area contributed by atoms with Crippen molar-refractivity contribution in [3.05, 3.63) is 28.2 Å². The van der Waals surface area contributed by atoms with Crippen LogP contribution in [0.25, 0.3) is 0 Å². The molecule has 0 spiro atoms. The smallest absolute Gasteiger partial charge is 0.319 e. The van der Waals surface area contributed by atoms with Crippen molar-refractivity contribution in [2.24, 2.45) is 5.92 Å². The highest BCUT2D eigenvalue weighted by Crippen LogP contribution is 2.03. The summed E-state index contributed by atoms with van der Waals surface area (Å²) in [4.78, 5) is 35.5. The van der Waals surface area contributed by atoms with Gasteiger partial charge < -0.3 is 20.5 Å². The summed E-state index contributed by atoms with van der Waals surface area (Å²) >= 11 is 0. The second-order valence-electron chi connectivity index (χ2n) is 5.52. The molecule has 0 fully saturated rings. The number of nitrogens with zero attached hydrogens (tertiary/aromatic N) is 1. The molecule has 1 aromatic heterocycles. The Hall–Kier alpha value is -2.31. The van der Waals surface area contributed by atoms with Crippen LogP contribution in [0.5, 0.6) is 0 Å². The molecule has 0 aliphatic heterocycles. The number of carbonyl (C=O) groups is 2. The van der Waals surface area contributed by atoms with Crippen LogP contribution in [0.15, 0.2) is 16.9 Å². The van der Waals surface area contributed by atoms with Crippen molar-refractivity contribution in [1.82, 2.24) is 15.2 Å². The number of aromatic nitrogens is 1. The molecule has 3 amide bonds. The van der Waals surface area contributed by atoms with Crippen molar-refractivity contribution in [2.45, 2.75) is 33.7 Å². The predicted molar refractivity (Wildman–Crippen MR) is 86.0 cm³/mol. The molecule has 0 saturated heterocycles. The molecule has 1 aromatic rings. The van der Waals surface area contributed by atoms with Gasteiger partial charge in [-0.1, -0.05) is 13.8 Å². The monoisotopic (exact) mass is 308 g/mol. The second-order valence-corrected chi connectivity index (χ2v) is 5.52. The van der Waals surface area contributed by atoms with Crippen molar-refractivity contribution in [1.29, 1.82) is 0 Å². The SMILES string of the molecule is CNC(=O)Nc1ccc(C)n(CC(=O)NCCC(C)C)c1=O. The lowest BCUT2D eigenvalue weighted by Gasteiger charge is -2.13. The van der Waals surface area contributed by atoms with Crippen LogP contribution in [-0.4, -0.2) is 30.1 Å². The molecular weight excluding hydrogens is 284 g/mol. The molecule has 0 aromatic carbocycles. The zero-order valence-electron chi connectivity index (χ0n) is 13.5. The molecule has 0 saturated carbocycles. The van der Waals surface area contributed by atoms with E-state index >= 15 is 0 Å². The number of carbonyl (C=O) groups excluding carboxylic acids is 2. The fraction of sp³-hybridized carbons (Fsp3) is 0.533. The maximum atomic E-state index is 12.3. The summed E-state index contributed by atoms with van der Waals surface area (Å²) in [5.41, 5.74) is 0.397. The summed E-state index contributed by atoms with van der Waals surface area (Å²) in [6, 6.07) is 2.74. The zero-order valence-corrected chi connectivity index (χ0v) is 13.5. The number of aryl methyl sites for hydroxylation is 1. The van der Waals surface area contributed by atoms with E-state index in [9.17, 15) is 14.4 Å². The van der Waals surface area contributed by atoms with Gasteiger partial charge in [0.25, 0.3) is 5.56 Å². The van der Waals surface area contributed by atoms with Gasteiger partial charge in [0.05, 0.1) is 0 Å². The maximum absolute atomic E-state index is 12.3. The number of amides is 3.